The Morgan fingerprint density at radius 1 is 0.900 bits per heavy atom. The van der Waals surface area contributed by atoms with Crippen LogP contribution in [0.1, 0.15) is 17.4 Å². The van der Waals surface area contributed by atoms with E-state index < -0.39 is 37.7 Å². The van der Waals surface area contributed by atoms with Crippen LogP contribution in [0.25, 0.3) is 22.4 Å². The monoisotopic (exact) mass is 566 g/mol. The molecule has 2 heterocycles. The molecule has 3 aromatic rings. The minimum atomic E-state index is -4.69. The number of hydrogen-bond acceptors (Lipinski definition) is 6. The molecule has 1 aromatic heterocycles. The van der Waals surface area contributed by atoms with Crippen molar-refractivity contribution in [3.8, 4) is 22.4 Å². The smallest absolute Gasteiger partial charge is 0.409 e. The highest BCUT2D eigenvalue weighted by Crippen LogP contribution is 2.35. The van der Waals surface area contributed by atoms with Gasteiger partial charge in [0.25, 0.3) is 5.91 Å². The van der Waals surface area contributed by atoms with E-state index in [4.69, 9.17) is 4.74 Å². The average molecular weight is 567 g/mol. The normalized spacial score (nSPS) is 14.4. The van der Waals surface area contributed by atoms with Crippen LogP contribution in [0.3, 0.4) is 0 Å². The van der Waals surface area contributed by atoms with Crippen LogP contribution in [0.5, 0.6) is 0 Å². The summed E-state index contributed by atoms with van der Waals surface area (Å²) in [5.74, 6) is -1.39. The maximum absolute atomic E-state index is 13.4. The molecule has 40 heavy (non-hydrogen) atoms. The Labute approximate surface area is 231 Å². The number of piperazine rings is 1. The Hall–Kier alpha value is -4.05. The molecule has 1 fully saturated rings. The van der Waals surface area contributed by atoms with E-state index in [2.05, 4.69) is 10.3 Å². The minimum Gasteiger partial charge on any atom is -0.450 e. The minimum absolute atomic E-state index is 0.00384. The molecule has 1 atom stereocenters. The van der Waals surface area contributed by atoms with E-state index in [0.29, 0.717) is 11.3 Å². The largest absolute Gasteiger partial charge is 0.450 e. The fourth-order valence-corrected chi connectivity index (χ4v) is 5.12. The fraction of sp³-hybridized carbons (Fsp3) is 0.286. The van der Waals surface area contributed by atoms with Gasteiger partial charge in [-0.15, -0.1) is 0 Å². The molecule has 3 amide bonds. The Bertz CT molecular complexity index is 1330. The summed E-state index contributed by atoms with van der Waals surface area (Å²) in [4.78, 5) is 65.5. The van der Waals surface area contributed by atoms with Gasteiger partial charge >= 0.3 is 13.7 Å². The highest BCUT2D eigenvalue weighted by atomic mass is 31.2. The van der Waals surface area contributed by atoms with Crippen molar-refractivity contribution in [2.24, 2.45) is 0 Å². The molecule has 1 saturated heterocycles. The highest BCUT2D eigenvalue weighted by molar-refractivity contribution is 7.51. The fourth-order valence-electron chi connectivity index (χ4n) is 4.40. The van der Waals surface area contributed by atoms with Crippen molar-refractivity contribution in [1.29, 1.82) is 0 Å². The maximum atomic E-state index is 13.4. The first-order valence-corrected chi connectivity index (χ1v) is 14.6. The van der Waals surface area contributed by atoms with Gasteiger partial charge in [-0.2, -0.15) is 0 Å². The Kier molecular flexibility index (Phi) is 9.31. The predicted octanol–water partition coefficient (Wildman–Crippen LogP) is 2.99. The van der Waals surface area contributed by atoms with Crippen molar-refractivity contribution in [2.75, 3.05) is 38.9 Å². The predicted molar refractivity (Wildman–Crippen MR) is 148 cm³/mol. The molecular formula is C28H31N4O7P. The summed E-state index contributed by atoms with van der Waals surface area (Å²) in [5.41, 5.74) is 2.86. The van der Waals surface area contributed by atoms with Crippen LogP contribution >= 0.6 is 7.60 Å². The van der Waals surface area contributed by atoms with E-state index in [1.165, 1.54) is 9.80 Å². The molecule has 210 valence electrons. The van der Waals surface area contributed by atoms with Gasteiger partial charge in [-0.3, -0.25) is 14.2 Å². The molecule has 11 nitrogen and oxygen atoms in total. The van der Waals surface area contributed by atoms with Gasteiger partial charge in [0.1, 0.15) is 11.7 Å². The standard InChI is InChI=1S/C28H31N4O7P/c1-2-39-28(35)32-15-13-31(14-16-32)27(34)25(19-40(36,37)38)30-26(33)24-18-22(20-9-5-3-6-10-20)17-23(29-24)21-11-7-4-8-12-21/h3-12,17-18,25H,2,13-16,19H2,1H3,(H,30,33)(H2,36,37,38)/t25-/m0/s1. The van der Waals surface area contributed by atoms with Gasteiger partial charge in [0.15, 0.2) is 0 Å². The average Bonchev–Trinajstić information content (AvgIpc) is 2.96. The van der Waals surface area contributed by atoms with Gasteiger partial charge in [-0.05, 0) is 30.2 Å². The summed E-state index contributed by atoms with van der Waals surface area (Å²) >= 11 is 0. The number of carbonyl (C=O) groups is 3. The van der Waals surface area contributed by atoms with E-state index in [0.717, 1.165) is 11.1 Å². The van der Waals surface area contributed by atoms with Gasteiger partial charge < -0.3 is 29.6 Å². The van der Waals surface area contributed by atoms with Gasteiger partial charge in [0, 0.05) is 31.7 Å². The highest BCUT2D eigenvalue weighted by Gasteiger charge is 2.35. The van der Waals surface area contributed by atoms with Gasteiger partial charge in [0.2, 0.25) is 5.91 Å². The van der Waals surface area contributed by atoms with Crippen LogP contribution in [-0.2, 0) is 14.1 Å². The number of benzene rings is 2. The first kappa shape index (κ1) is 28.9. The first-order valence-electron chi connectivity index (χ1n) is 12.8. The summed E-state index contributed by atoms with van der Waals surface area (Å²) in [6.07, 6.45) is -1.37. The van der Waals surface area contributed by atoms with Crippen LogP contribution in [0.4, 0.5) is 4.79 Å². The summed E-state index contributed by atoms with van der Waals surface area (Å²) in [7, 11) is -4.69. The quantitative estimate of drug-likeness (QED) is 0.353. The summed E-state index contributed by atoms with van der Waals surface area (Å²) < 4.78 is 16.9. The van der Waals surface area contributed by atoms with Gasteiger partial charge in [-0.25, -0.2) is 9.78 Å². The topological polar surface area (TPSA) is 149 Å². The summed E-state index contributed by atoms with van der Waals surface area (Å²) in [6, 6.07) is 20.6. The lowest BCUT2D eigenvalue weighted by atomic mass is 10.0. The number of hydrogen-bond donors (Lipinski definition) is 3. The molecule has 0 aliphatic carbocycles. The molecule has 1 aliphatic heterocycles. The third-order valence-corrected chi connectivity index (χ3v) is 7.22. The zero-order valence-corrected chi connectivity index (χ0v) is 22.9. The second kappa shape index (κ2) is 12.9. The molecule has 12 heteroatoms. The Morgan fingerprint density at radius 2 is 1.48 bits per heavy atom. The number of rotatable bonds is 8. The summed E-state index contributed by atoms with van der Waals surface area (Å²) in [6.45, 7) is 2.57. The SMILES string of the molecule is CCOC(=O)N1CCN(C(=O)[C@H](CP(=O)(O)O)NC(=O)c2cc(-c3ccccc3)cc(-c3ccccc3)n2)CC1. The van der Waals surface area contributed by atoms with Crippen LogP contribution < -0.4 is 5.32 Å². The van der Waals surface area contributed by atoms with Crippen molar-refractivity contribution in [1.82, 2.24) is 20.1 Å². The van der Waals surface area contributed by atoms with E-state index in [-0.39, 0.29) is 38.5 Å². The Balaban J connectivity index is 1.59. The zero-order chi connectivity index (χ0) is 28.7. The molecule has 0 bridgehead atoms. The molecule has 1 aliphatic rings. The van der Waals surface area contributed by atoms with Crippen LogP contribution in [0.15, 0.2) is 72.8 Å². The number of carbonyl (C=O) groups excluding carboxylic acids is 3. The molecule has 3 N–H and O–H groups in total. The van der Waals surface area contributed by atoms with Crippen molar-refractivity contribution >= 4 is 25.5 Å². The molecule has 0 unspecified atom stereocenters. The lowest BCUT2D eigenvalue weighted by Gasteiger charge is -2.36. The number of aromatic nitrogens is 1. The van der Waals surface area contributed by atoms with E-state index >= 15 is 0 Å². The molecule has 0 radical (unpaired) electrons. The van der Waals surface area contributed by atoms with Crippen molar-refractivity contribution in [3.63, 3.8) is 0 Å². The number of nitrogens with zero attached hydrogens (tertiary/aromatic N) is 3. The van der Waals surface area contributed by atoms with E-state index in [1.54, 1.807) is 13.0 Å². The second-order valence-corrected chi connectivity index (χ2v) is 10.9. The molecule has 2 aromatic carbocycles. The lowest BCUT2D eigenvalue weighted by molar-refractivity contribution is -0.134. The number of amides is 3. The molecule has 0 saturated carbocycles. The molecule has 4 rings (SSSR count). The number of pyridine rings is 1. The van der Waals surface area contributed by atoms with Crippen LogP contribution in [0.2, 0.25) is 0 Å². The summed E-state index contributed by atoms with van der Waals surface area (Å²) in [5, 5.41) is 2.51. The molecular weight excluding hydrogens is 535 g/mol. The van der Waals surface area contributed by atoms with Crippen LogP contribution in [-0.4, -0.2) is 87.5 Å². The van der Waals surface area contributed by atoms with E-state index in [1.807, 2.05) is 66.7 Å². The van der Waals surface area contributed by atoms with Crippen LogP contribution in [0, 0.1) is 0 Å². The van der Waals surface area contributed by atoms with Gasteiger partial charge in [0.05, 0.1) is 18.5 Å². The lowest BCUT2D eigenvalue weighted by Crippen LogP contribution is -2.56. The van der Waals surface area contributed by atoms with E-state index in [9.17, 15) is 28.7 Å². The van der Waals surface area contributed by atoms with Crippen molar-refractivity contribution in [3.05, 3.63) is 78.5 Å². The Morgan fingerprint density at radius 3 is 2.05 bits per heavy atom. The first-order chi connectivity index (χ1) is 19.1. The van der Waals surface area contributed by atoms with Crippen molar-refractivity contribution in [2.45, 2.75) is 13.0 Å². The zero-order valence-electron chi connectivity index (χ0n) is 22.0. The number of nitrogens with one attached hydrogen (secondary N) is 1. The maximum Gasteiger partial charge on any atom is 0.409 e. The molecule has 0 spiro atoms. The second-order valence-electron chi connectivity index (χ2n) is 9.24. The van der Waals surface area contributed by atoms with Gasteiger partial charge in [-0.1, -0.05) is 60.7 Å². The van der Waals surface area contributed by atoms with Crippen molar-refractivity contribution < 1.29 is 33.5 Å². The third kappa shape index (κ3) is 7.53. The third-order valence-electron chi connectivity index (χ3n) is 6.38. The number of ether oxygens (including phenoxy) is 1.